The average Bonchev–Trinajstić information content (AvgIpc) is 3.32. The van der Waals surface area contributed by atoms with E-state index in [-0.39, 0.29) is 17.9 Å². The van der Waals surface area contributed by atoms with Crippen LogP contribution in [0.15, 0.2) is 76.8 Å². The van der Waals surface area contributed by atoms with Crippen molar-refractivity contribution >= 4 is 9.84 Å². The van der Waals surface area contributed by atoms with E-state index in [2.05, 4.69) is 23.0 Å². The van der Waals surface area contributed by atoms with E-state index in [0.717, 1.165) is 24.0 Å². The fourth-order valence-electron chi connectivity index (χ4n) is 5.62. The zero-order valence-electron chi connectivity index (χ0n) is 26.9. The molecule has 0 radical (unpaired) electrons. The first-order valence-corrected chi connectivity index (χ1v) is 17.7. The number of unbranched alkanes of at least 4 members (excludes halogenated alkanes) is 8. The van der Waals surface area contributed by atoms with Gasteiger partial charge in [-0.1, -0.05) is 117 Å². The summed E-state index contributed by atoms with van der Waals surface area (Å²) in [5.41, 5.74) is 11.4. The van der Waals surface area contributed by atoms with Crippen molar-refractivity contribution in [2.75, 3.05) is 6.61 Å². The van der Waals surface area contributed by atoms with Crippen LogP contribution in [0.3, 0.4) is 0 Å². The number of hydrogen-bond donors (Lipinski definition) is 0. The van der Waals surface area contributed by atoms with Gasteiger partial charge in [-0.05, 0) is 63.3 Å². The van der Waals surface area contributed by atoms with Gasteiger partial charge in [0.1, 0.15) is 6.10 Å². The van der Waals surface area contributed by atoms with E-state index in [4.69, 9.17) is 14.2 Å². The van der Waals surface area contributed by atoms with Crippen LogP contribution in [0.1, 0.15) is 96.1 Å². The summed E-state index contributed by atoms with van der Waals surface area (Å²) < 4.78 is 46.9. The Balaban J connectivity index is 1.77. The number of sulfone groups is 1. The van der Waals surface area contributed by atoms with Crippen molar-refractivity contribution in [3.05, 3.63) is 88.3 Å². The molecule has 1 aliphatic heterocycles. The van der Waals surface area contributed by atoms with E-state index >= 15 is 0 Å². The molecule has 0 aliphatic carbocycles. The first-order valence-electron chi connectivity index (χ1n) is 16.1. The zero-order valence-corrected chi connectivity index (χ0v) is 27.8. The van der Waals surface area contributed by atoms with Gasteiger partial charge < -0.3 is 14.2 Å². The SMILES string of the molecule is CCCCCCCCCC/C=C/C[C@@H]([C@@H]1OC(C)(C)O[C@H]1[C@@H](COCc1ccccc1)N=[N+]=[N-])S(=O)(=O)c1ccc(C)cc1. The Morgan fingerprint density at radius 2 is 1.57 bits per heavy atom. The summed E-state index contributed by atoms with van der Waals surface area (Å²) in [6, 6.07) is 15.8. The monoisotopic (exact) mass is 625 g/mol. The van der Waals surface area contributed by atoms with Gasteiger partial charge in [-0.3, -0.25) is 0 Å². The predicted octanol–water partition coefficient (Wildman–Crippen LogP) is 9.03. The molecular weight excluding hydrogens is 574 g/mol. The normalized spacial score (nSPS) is 19.5. The van der Waals surface area contributed by atoms with Gasteiger partial charge in [-0.25, -0.2) is 8.42 Å². The summed E-state index contributed by atoms with van der Waals surface area (Å²) in [6.07, 6.45) is 13.5. The first kappa shape index (κ1) is 35.8. The molecule has 0 bridgehead atoms. The molecule has 44 heavy (non-hydrogen) atoms. The number of hydrogen-bond acceptors (Lipinski definition) is 6. The van der Waals surface area contributed by atoms with Gasteiger partial charge in [0.15, 0.2) is 15.6 Å². The lowest BCUT2D eigenvalue weighted by atomic mass is 10.0. The molecule has 3 rings (SSSR count). The summed E-state index contributed by atoms with van der Waals surface area (Å²) in [6.45, 7) is 8.05. The third-order valence-electron chi connectivity index (χ3n) is 8.02. The summed E-state index contributed by atoms with van der Waals surface area (Å²) in [5.74, 6) is -1.07. The van der Waals surface area contributed by atoms with E-state index in [0.29, 0.717) is 6.61 Å². The molecule has 242 valence electrons. The molecule has 1 fully saturated rings. The van der Waals surface area contributed by atoms with Crippen LogP contribution < -0.4 is 0 Å². The number of azide groups is 1. The molecule has 8 nitrogen and oxygen atoms in total. The zero-order chi connectivity index (χ0) is 31.8. The molecule has 0 N–H and O–H groups in total. The van der Waals surface area contributed by atoms with E-state index in [9.17, 15) is 13.9 Å². The maximum atomic E-state index is 14.2. The molecule has 2 aromatic carbocycles. The van der Waals surface area contributed by atoms with Gasteiger partial charge in [0.05, 0.1) is 35.5 Å². The second kappa shape index (κ2) is 18.3. The summed E-state index contributed by atoms with van der Waals surface area (Å²) in [7, 11) is -3.84. The fourth-order valence-corrected chi connectivity index (χ4v) is 7.41. The van der Waals surface area contributed by atoms with Crippen molar-refractivity contribution in [2.24, 2.45) is 5.11 Å². The minimum Gasteiger partial charge on any atom is -0.376 e. The van der Waals surface area contributed by atoms with Crippen molar-refractivity contribution in [3.63, 3.8) is 0 Å². The van der Waals surface area contributed by atoms with Crippen LogP contribution in [0, 0.1) is 6.92 Å². The highest BCUT2D eigenvalue weighted by Gasteiger charge is 2.51. The average molecular weight is 626 g/mol. The summed E-state index contributed by atoms with van der Waals surface area (Å²) in [5, 5.41) is 3.05. The van der Waals surface area contributed by atoms with Crippen molar-refractivity contribution < 1.29 is 22.6 Å². The van der Waals surface area contributed by atoms with Gasteiger partial charge in [0, 0.05) is 4.91 Å². The molecule has 9 heteroatoms. The Morgan fingerprint density at radius 1 is 0.932 bits per heavy atom. The molecule has 4 atom stereocenters. The Labute approximate surface area is 264 Å². The standard InChI is InChI=1S/C35H51N3O5S/c1-5-6-7-8-9-10-11-12-13-14-18-21-32(44(39,40)30-24-22-28(2)23-25-30)34-33(42-35(3,4)43-34)31(37-38-36)27-41-26-29-19-16-15-17-20-29/h14-20,22-25,31-34H,5-13,21,26-27H2,1-4H3/b18-14+/t31-,32+,33+,34+/m1/s1. The second-order valence-corrected chi connectivity index (χ2v) is 14.4. The van der Waals surface area contributed by atoms with Gasteiger partial charge >= 0.3 is 0 Å². The Kier molecular flexibility index (Phi) is 14.9. The van der Waals surface area contributed by atoms with E-state index in [1.807, 2.05) is 43.3 Å². The lowest BCUT2D eigenvalue weighted by Gasteiger charge is -2.28. The second-order valence-electron chi connectivity index (χ2n) is 12.2. The van der Waals surface area contributed by atoms with Crippen molar-refractivity contribution in [3.8, 4) is 0 Å². The Bertz CT molecular complexity index is 1290. The van der Waals surface area contributed by atoms with Gasteiger partial charge in [0.2, 0.25) is 0 Å². The number of nitrogens with zero attached hydrogens (tertiary/aromatic N) is 3. The highest BCUT2D eigenvalue weighted by molar-refractivity contribution is 7.92. The minimum atomic E-state index is -3.84. The number of ether oxygens (including phenoxy) is 3. The maximum Gasteiger partial charge on any atom is 0.184 e. The lowest BCUT2D eigenvalue weighted by molar-refractivity contribution is -0.149. The third-order valence-corrected chi connectivity index (χ3v) is 10.2. The molecule has 1 saturated heterocycles. The van der Waals surface area contributed by atoms with Gasteiger partial charge in [-0.15, -0.1) is 0 Å². The van der Waals surface area contributed by atoms with Crippen molar-refractivity contribution in [1.82, 2.24) is 0 Å². The molecule has 1 heterocycles. The number of benzene rings is 2. The van der Waals surface area contributed by atoms with Crippen LogP contribution in [-0.4, -0.2) is 44.3 Å². The van der Waals surface area contributed by atoms with E-state index < -0.39 is 39.1 Å². The molecule has 0 saturated carbocycles. The van der Waals surface area contributed by atoms with Crippen molar-refractivity contribution in [2.45, 2.75) is 133 Å². The molecule has 0 aromatic heterocycles. The summed E-state index contributed by atoms with van der Waals surface area (Å²) in [4.78, 5) is 3.29. The minimum absolute atomic E-state index is 0.0607. The molecule has 0 amide bonds. The predicted molar refractivity (Wildman–Crippen MR) is 176 cm³/mol. The first-order chi connectivity index (χ1) is 21.2. The number of rotatable bonds is 20. The third kappa shape index (κ3) is 11.4. The van der Waals surface area contributed by atoms with E-state index in [1.54, 1.807) is 38.1 Å². The van der Waals surface area contributed by atoms with Crippen LogP contribution in [-0.2, 0) is 30.7 Å². The molecule has 0 unspecified atom stereocenters. The van der Waals surface area contributed by atoms with Crippen molar-refractivity contribution in [1.29, 1.82) is 0 Å². The highest BCUT2D eigenvalue weighted by Crippen LogP contribution is 2.38. The molecular formula is C35H51N3O5S. The van der Waals surface area contributed by atoms with Gasteiger partial charge in [0.25, 0.3) is 0 Å². The Morgan fingerprint density at radius 3 is 2.23 bits per heavy atom. The van der Waals surface area contributed by atoms with Crippen LogP contribution >= 0.6 is 0 Å². The molecule has 0 spiro atoms. The number of aryl methyl sites for hydroxylation is 1. The molecule has 2 aromatic rings. The highest BCUT2D eigenvalue weighted by atomic mass is 32.2. The summed E-state index contributed by atoms with van der Waals surface area (Å²) >= 11 is 0. The van der Waals surface area contributed by atoms with Crippen LogP contribution in [0.25, 0.3) is 10.4 Å². The maximum absolute atomic E-state index is 14.2. The fraction of sp³-hybridized carbons (Fsp3) is 0.600. The smallest absolute Gasteiger partial charge is 0.184 e. The largest absolute Gasteiger partial charge is 0.376 e. The van der Waals surface area contributed by atoms with Gasteiger partial charge in [-0.2, -0.15) is 0 Å². The topological polar surface area (TPSA) is 111 Å². The van der Waals surface area contributed by atoms with E-state index in [1.165, 1.54) is 44.9 Å². The lowest BCUT2D eigenvalue weighted by Crippen LogP contribution is -2.46. The van der Waals surface area contributed by atoms with Crippen LogP contribution in [0.5, 0.6) is 0 Å². The van der Waals surface area contributed by atoms with Crippen LogP contribution in [0.4, 0.5) is 0 Å². The van der Waals surface area contributed by atoms with Crippen LogP contribution in [0.2, 0.25) is 0 Å². The molecule has 1 aliphatic rings. The quantitative estimate of drug-likeness (QED) is 0.0479. The Hall–Kier alpha value is -2.68. The number of allylic oxidation sites excluding steroid dienone is 2.